The molecule has 1 aliphatic rings. The van der Waals surface area contributed by atoms with E-state index >= 15 is 0 Å². The van der Waals surface area contributed by atoms with Crippen LogP contribution >= 0.6 is 23.1 Å². The number of carbonyl (C=O) groups is 2. The number of aryl methyl sites for hydroxylation is 2. The first kappa shape index (κ1) is 27.5. The zero-order valence-corrected chi connectivity index (χ0v) is 24.0. The van der Waals surface area contributed by atoms with Gasteiger partial charge in [-0.25, -0.2) is 0 Å². The summed E-state index contributed by atoms with van der Waals surface area (Å²) in [6, 6.07) is 15.5. The topological polar surface area (TPSA) is 115 Å². The molecule has 5 rings (SSSR count). The van der Waals surface area contributed by atoms with Crippen LogP contribution < -0.4 is 14.4 Å². The lowest BCUT2D eigenvalue weighted by atomic mass is 9.95. The van der Waals surface area contributed by atoms with Crippen LogP contribution in [0.15, 0.2) is 74.7 Å². The Morgan fingerprint density at radius 2 is 1.88 bits per heavy atom. The van der Waals surface area contributed by atoms with Gasteiger partial charge >= 0.3 is 0 Å². The predicted octanol–water partition coefficient (Wildman–Crippen LogP) is 6.23. The third-order valence-electron chi connectivity index (χ3n) is 6.30. The standard InChI is InChI=1S/C29H27N3O6S2/c1-5-37-20-13-11-19(14-22(20)36-4)24-23(25(33)21-12-8-17(3)38-21)26(34)27(35)32(24)28-30-31-29(40-28)39-15-18-9-6-16(2)7-10-18/h6-14,24,34H,5,15H2,1-4H3. The lowest BCUT2D eigenvalue weighted by Crippen LogP contribution is -2.31. The average Bonchev–Trinajstić information content (AvgIpc) is 3.67. The molecular weight excluding hydrogens is 550 g/mol. The summed E-state index contributed by atoms with van der Waals surface area (Å²) in [7, 11) is 1.51. The van der Waals surface area contributed by atoms with Crippen LogP contribution in [0.2, 0.25) is 0 Å². The molecule has 1 amide bonds. The molecule has 40 heavy (non-hydrogen) atoms. The zero-order valence-electron chi connectivity index (χ0n) is 22.3. The van der Waals surface area contributed by atoms with Crippen molar-refractivity contribution in [3.05, 3.63) is 94.1 Å². The second kappa shape index (κ2) is 11.6. The smallest absolute Gasteiger partial charge is 0.296 e. The monoisotopic (exact) mass is 577 g/mol. The molecule has 206 valence electrons. The molecule has 1 atom stereocenters. The molecule has 0 spiro atoms. The number of amides is 1. The van der Waals surface area contributed by atoms with Gasteiger partial charge in [0.2, 0.25) is 10.9 Å². The molecule has 11 heteroatoms. The van der Waals surface area contributed by atoms with E-state index in [0.717, 1.165) is 5.56 Å². The van der Waals surface area contributed by atoms with Crippen LogP contribution in [0.25, 0.3) is 0 Å². The number of furan rings is 1. The number of carbonyl (C=O) groups excluding carboxylic acids is 2. The number of benzene rings is 2. The van der Waals surface area contributed by atoms with Crippen molar-refractivity contribution < 1.29 is 28.6 Å². The van der Waals surface area contributed by atoms with Gasteiger partial charge in [0.05, 0.1) is 25.3 Å². The quantitative estimate of drug-likeness (QED) is 0.133. The van der Waals surface area contributed by atoms with E-state index < -0.39 is 23.5 Å². The van der Waals surface area contributed by atoms with Crippen molar-refractivity contribution in [2.75, 3.05) is 18.6 Å². The largest absolute Gasteiger partial charge is 0.503 e. The summed E-state index contributed by atoms with van der Waals surface area (Å²) in [5.41, 5.74) is 2.71. The van der Waals surface area contributed by atoms with Gasteiger partial charge < -0.3 is 19.0 Å². The third kappa shape index (κ3) is 5.34. The lowest BCUT2D eigenvalue weighted by molar-refractivity contribution is -0.117. The Morgan fingerprint density at radius 3 is 2.55 bits per heavy atom. The number of aliphatic hydroxyl groups excluding tert-OH is 1. The number of Topliss-reactive ketones (excluding diaryl/α,β-unsaturated/α-hetero) is 1. The van der Waals surface area contributed by atoms with E-state index in [-0.39, 0.29) is 16.5 Å². The Hall–Kier alpha value is -4.09. The third-order valence-corrected chi connectivity index (χ3v) is 8.43. The molecule has 0 bridgehead atoms. The van der Waals surface area contributed by atoms with Crippen molar-refractivity contribution in [1.82, 2.24) is 10.2 Å². The van der Waals surface area contributed by atoms with Crippen LogP contribution in [-0.2, 0) is 10.5 Å². The predicted molar refractivity (Wildman–Crippen MR) is 152 cm³/mol. The maximum atomic E-state index is 13.6. The number of rotatable bonds is 10. The molecule has 2 aromatic heterocycles. The molecule has 0 fully saturated rings. The van der Waals surface area contributed by atoms with E-state index in [4.69, 9.17) is 13.9 Å². The van der Waals surface area contributed by atoms with Crippen molar-refractivity contribution in [2.45, 2.75) is 36.9 Å². The molecular formula is C29H27N3O6S2. The number of ether oxygens (including phenoxy) is 2. The Balaban J connectivity index is 1.53. The summed E-state index contributed by atoms with van der Waals surface area (Å²) in [5, 5.41) is 19.8. The number of aromatic nitrogens is 2. The first-order valence-corrected chi connectivity index (χ1v) is 14.3. The van der Waals surface area contributed by atoms with Crippen molar-refractivity contribution in [2.24, 2.45) is 0 Å². The Bertz CT molecular complexity index is 1590. The normalized spacial score (nSPS) is 15.2. The van der Waals surface area contributed by atoms with Crippen LogP contribution in [0.1, 0.15) is 46.0 Å². The Morgan fingerprint density at radius 1 is 1.10 bits per heavy atom. The van der Waals surface area contributed by atoms with Crippen LogP contribution in [0.4, 0.5) is 5.13 Å². The number of hydrogen-bond acceptors (Lipinski definition) is 10. The number of nitrogens with zero attached hydrogens (tertiary/aromatic N) is 3. The van der Waals surface area contributed by atoms with E-state index in [0.29, 0.717) is 39.5 Å². The number of methoxy groups -OCH3 is 1. The number of anilines is 1. The maximum absolute atomic E-state index is 13.6. The van der Waals surface area contributed by atoms with Crippen LogP contribution in [-0.4, -0.2) is 40.7 Å². The highest BCUT2D eigenvalue weighted by Crippen LogP contribution is 2.45. The van der Waals surface area contributed by atoms with E-state index in [1.165, 1.54) is 46.7 Å². The molecule has 4 aromatic rings. The van der Waals surface area contributed by atoms with Gasteiger partial charge in [-0.3, -0.25) is 14.5 Å². The van der Waals surface area contributed by atoms with Crippen molar-refractivity contribution in [3.8, 4) is 11.5 Å². The van der Waals surface area contributed by atoms with Crippen molar-refractivity contribution >= 4 is 39.9 Å². The summed E-state index contributed by atoms with van der Waals surface area (Å²) < 4.78 is 17.4. The lowest BCUT2D eigenvalue weighted by Gasteiger charge is -2.24. The van der Waals surface area contributed by atoms with Gasteiger partial charge in [-0.15, -0.1) is 10.2 Å². The number of aliphatic hydroxyl groups is 1. The second-order valence-electron chi connectivity index (χ2n) is 9.05. The first-order chi connectivity index (χ1) is 19.3. The number of hydrogen-bond donors (Lipinski definition) is 1. The highest BCUT2D eigenvalue weighted by atomic mass is 32.2. The van der Waals surface area contributed by atoms with Crippen LogP contribution in [0.3, 0.4) is 0 Å². The minimum atomic E-state index is -1.00. The summed E-state index contributed by atoms with van der Waals surface area (Å²) in [6.45, 7) is 6.03. The molecule has 0 aliphatic carbocycles. The molecule has 9 nitrogen and oxygen atoms in total. The van der Waals surface area contributed by atoms with Gasteiger partial charge in [0, 0.05) is 5.75 Å². The van der Waals surface area contributed by atoms with E-state index in [2.05, 4.69) is 22.3 Å². The van der Waals surface area contributed by atoms with Crippen molar-refractivity contribution in [3.63, 3.8) is 0 Å². The van der Waals surface area contributed by atoms with Crippen LogP contribution in [0.5, 0.6) is 11.5 Å². The van der Waals surface area contributed by atoms with Gasteiger partial charge in [0.1, 0.15) is 5.76 Å². The fourth-order valence-corrected chi connectivity index (χ4v) is 6.18. The van der Waals surface area contributed by atoms with E-state index in [1.807, 2.05) is 26.0 Å². The summed E-state index contributed by atoms with van der Waals surface area (Å²) in [6.07, 6.45) is 0. The molecule has 1 aliphatic heterocycles. The van der Waals surface area contributed by atoms with Crippen molar-refractivity contribution in [1.29, 1.82) is 0 Å². The number of ketones is 1. The Labute approximate surface area is 239 Å². The Kier molecular flexibility index (Phi) is 7.95. The van der Waals surface area contributed by atoms with E-state index in [9.17, 15) is 14.7 Å². The average molecular weight is 578 g/mol. The number of thioether (sulfide) groups is 1. The molecule has 3 heterocycles. The van der Waals surface area contributed by atoms with Crippen LogP contribution in [0, 0.1) is 13.8 Å². The molecule has 0 saturated heterocycles. The minimum absolute atomic E-state index is 0.0169. The molecule has 1 N–H and O–H groups in total. The fourth-order valence-electron chi connectivity index (χ4n) is 4.36. The highest BCUT2D eigenvalue weighted by molar-refractivity contribution is 8.00. The first-order valence-electron chi connectivity index (χ1n) is 12.5. The van der Waals surface area contributed by atoms with E-state index in [1.54, 1.807) is 31.2 Å². The van der Waals surface area contributed by atoms with Gasteiger partial charge in [0.15, 0.2) is 27.4 Å². The van der Waals surface area contributed by atoms with Gasteiger partial charge in [0.25, 0.3) is 5.91 Å². The summed E-state index contributed by atoms with van der Waals surface area (Å²) in [5.74, 6) is 0.136. The summed E-state index contributed by atoms with van der Waals surface area (Å²) in [4.78, 5) is 28.4. The summed E-state index contributed by atoms with van der Waals surface area (Å²) >= 11 is 2.70. The minimum Gasteiger partial charge on any atom is -0.503 e. The molecule has 1 unspecified atom stereocenters. The maximum Gasteiger partial charge on any atom is 0.296 e. The molecule has 0 radical (unpaired) electrons. The second-order valence-corrected chi connectivity index (χ2v) is 11.2. The molecule has 0 saturated carbocycles. The fraction of sp³-hybridized carbons (Fsp3) is 0.241. The van der Waals surface area contributed by atoms with Gasteiger partial charge in [-0.1, -0.05) is 59.0 Å². The highest BCUT2D eigenvalue weighted by Gasteiger charge is 2.47. The SMILES string of the molecule is CCOc1ccc(C2C(C(=O)c3ccc(C)o3)=C(O)C(=O)N2c2nnc(SCc3ccc(C)cc3)s2)cc1OC. The molecule has 2 aromatic carbocycles. The van der Waals surface area contributed by atoms with Gasteiger partial charge in [-0.2, -0.15) is 0 Å². The zero-order chi connectivity index (χ0) is 28.4. The van der Waals surface area contributed by atoms with Gasteiger partial charge in [-0.05, 0) is 56.2 Å².